The van der Waals surface area contributed by atoms with Crippen molar-refractivity contribution in [2.75, 3.05) is 6.61 Å². The maximum Gasteiger partial charge on any atom is 0.175 e. The maximum atomic E-state index is 13.4. The molecule has 1 aliphatic heterocycles. The first kappa shape index (κ1) is 27.1. The zero-order valence-electron chi connectivity index (χ0n) is 21.6. The molecule has 2 aromatic rings. The van der Waals surface area contributed by atoms with Crippen LogP contribution in [0, 0.1) is 23.2 Å². The second-order valence-electron chi connectivity index (χ2n) is 9.71. The lowest BCUT2D eigenvalue weighted by molar-refractivity contribution is -0.117. The van der Waals surface area contributed by atoms with Gasteiger partial charge < -0.3 is 14.6 Å². The van der Waals surface area contributed by atoms with Gasteiger partial charge in [0.1, 0.15) is 6.61 Å². The number of ether oxygens (including phenoxy) is 2. The number of carbonyl (C=O) groups excluding carboxylic acids is 1. The van der Waals surface area contributed by atoms with E-state index in [0.717, 1.165) is 47.4 Å². The Bertz CT molecular complexity index is 1280. The first-order valence-corrected chi connectivity index (χ1v) is 13.7. The number of aliphatic imine (C=N–C) groups is 1. The molecule has 1 N–H and O–H groups in total. The van der Waals surface area contributed by atoms with Gasteiger partial charge in [0.25, 0.3) is 0 Å². The molecule has 0 aromatic heterocycles. The van der Waals surface area contributed by atoms with Crippen LogP contribution in [0.5, 0.6) is 11.5 Å². The number of Topliss-reactive ketones (excluding diaryl/α,β-unsaturated/α-hetero) is 1. The van der Waals surface area contributed by atoms with E-state index in [1.54, 1.807) is 0 Å². The average Bonchev–Trinajstić information content (AvgIpc) is 2.87. The summed E-state index contributed by atoms with van der Waals surface area (Å²) in [6.45, 7) is 6.63. The molecule has 4 rings (SSSR count). The normalized spacial score (nSPS) is 21.2. The van der Waals surface area contributed by atoms with E-state index in [9.17, 15) is 15.2 Å². The molecule has 0 spiro atoms. The number of benzene rings is 2. The van der Waals surface area contributed by atoms with Crippen LogP contribution in [0.2, 0.25) is 0 Å². The van der Waals surface area contributed by atoms with Crippen molar-refractivity contribution in [2.24, 2.45) is 16.8 Å². The van der Waals surface area contributed by atoms with Gasteiger partial charge in [0.05, 0.1) is 29.7 Å². The molecule has 37 heavy (non-hydrogen) atoms. The summed E-state index contributed by atoms with van der Waals surface area (Å²) in [5.41, 5.74) is 4.84. The van der Waals surface area contributed by atoms with Crippen molar-refractivity contribution in [3.8, 4) is 17.6 Å². The van der Waals surface area contributed by atoms with Crippen molar-refractivity contribution >= 4 is 27.4 Å². The number of aliphatic hydroxyl groups excluding tert-OH is 1. The molecule has 2 aromatic carbocycles. The Morgan fingerprint density at radius 2 is 1.95 bits per heavy atom. The topological polar surface area (TPSA) is 91.9 Å². The Balaban J connectivity index is 1.72. The van der Waals surface area contributed by atoms with Gasteiger partial charge in [0.2, 0.25) is 0 Å². The molecule has 3 unspecified atom stereocenters. The summed E-state index contributed by atoms with van der Waals surface area (Å²) >= 11 is 3.67. The SMILES string of the molecule is CCCC1CC(=O)C2=C(C1)N=C(C)C(C#N)C2c1cc(Br)c(OCc2cccc(CO)c2)c(OCC)c1. The molecular weight excluding hydrogens is 532 g/mol. The van der Waals surface area contributed by atoms with Crippen LogP contribution in [-0.2, 0) is 18.0 Å². The molecule has 0 amide bonds. The number of allylic oxidation sites excluding steroid dienone is 2. The van der Waals surface area contributed by atoms with Crippen LogP contribution >= 0.6 is 15.9 Å². The molecule has 2 aliphatic rings. The predicted molar refractivity (Wildman–Crippen MR) is 147 cm³/mol. The summed E-state index contributed by atoms with van der Waals surface area (Å²) in [4.78, 5) is 18.2. The number of hydrogen-bond donors (Lipinski definition) is 1. The lowest BCUT2D eigenvalue weighted by atomic mass is 9.70. The lowest BCUT2D eigenvalue weighted by Gasteiger charge is -2.35. The molecule has 194 valence electrons. The summed E-state index contributed by atoms with van der Waals surface area (Å²) in [6, 6.07) is 13.8. The number of rotatable bonds is 9. The zero-order chi connectivity index (χ0) is 26.5. The monoisotopic (exact) mass is 564 g/mol. The number of halogens is 1. The molecule has 1 aliphatic carbocycles. The van der Waals surface area contributed by atoms with Gasteiger partial charge in [-0.05, 0) is 77.4 Å². The third-order valence-corrected chi connectivity index (χ3v) is 7.65. The fraction of sp³-hybridized carbons (Fsp3) is 0.433. The van der Waals surface area contributed by atoms with Crippen molar-refractivity contribution in [1.29, 1.82) is 5.26 Å². The van der Waals surface area contributed by atoms with Crippen molar-refractivity contribution in [2.45, 2.75) is 65.6 Å². The molecule has 0 bridgehead atoms. The van der Waals surface area contributed by atoms with E-state index in [1.807, 2.05) is 50.2 Å². The second-order valence-corrected chi connectivity index (χ2v) is 10.6. The van der Waals surface area contributed by atoms with Gasteiger partial charge in [-0.25, -0.2) is 0 Å². The third-order valence-electron chi connectivity index (χ3n) is 7.06. The highest BCUT2D eigenvalue weighted by atomic mass is 79.9. The molecule has 0 fully saturated rings. The van der Waals surface area contributed by atoms with E-state index in [4.69, 9.17) is 14.5 Å². The summed E-state index contributed by atoms with van der Waals surface area (Å²) in [5.74, 6) is 0.577. The van der Waals surface area contributed by atoms with Crippen LogP contribution in [0.1, 0.15) is 69.1 Å². The highest BCUT2D eigenvalue weighted by molar-refractivity contribution is 9.10. The Hall–Kier alpha value is -2.95. The fourth-order valence-corrected chi connectivity index (χ4v) is 6.00. The average molecular weight is 566 g/mol. The van der Waals surface area contributed by atoms with Crippen LogP contribution in [0.15, 0.2) is 57.1 Å². The van der Waals surface area contributed by atoms with E-state index < -0.39 is 11.8 Å². The van der Waals surface area contributed by atoms with E-state index in [1.165, 1.54) is 0 Å². The predicted octanol–water partition coefficient (Wildman–Crippen LogP) is 6.65. The van der Waals surface area contributed by atoms with E-state index in [2.05, 4.69) is 28.9 Å². The summed E-state index contributed by atoms with van der Waals surface area (Å²) < 4.78 is 12.8. The molecule has 1 heterocycles. The van der Waals surface area contributed by atoms with E-state index in [-0.39, 0.29) is 12.4 Å². The number of aliphatic hydroxyl groups is 1. The standard InChI is InChI=1S/C30H33BrN2O4/c1-4-7-19-11-25-29(26(35)12-19)28(23(15-32)18(3)33-25)22-13-24(31)30(27(14-22)36-5-2)37-17-21-9-6-8-20(10-21)16-34/h6,8-10,13-14,19,23,28,34H,4-5,7,11-12,16-17H2,1-3H3. The number of nitriles is 1. The van der Waals surface area contributed by atoms with Gasteiger partial charge in [0, 0.05) is 29.3 Å². The molecule has 3 atom stereocenters. The minimum Gasteiger partial charge on any atom is -0.490 e. The Morgan fingerprint density at radius 1 is 1.16 bits per heavy atom. The lowest BCUT2D eigenvalue weighted by Crippen LogP contribution is -2.32. The Morgan fingerprint density at radius 3 is 2.65 bits per heavy atom. The first-order valence-electron chi connectivity index (χ1n) is 12.9. The number of hydrogen-bond acceptors (Lipinski definition) is 6. The molecule has 7 heteroatoms. The van der Waals surface area contributed by atoms with Crippen molar-refractivity contribution < 1.29 is 19.4 Å². The zero-order valence-corrected chi connectivity index (χ0v) is 23.2. The smallest absolute Gasteiger partial charge is 0.175 e. The molecule has 0 saturated carbocycles. The first-order chi connectivity index (χ1) is 17.9. The van der Waals surface area contributed by atoms with Gasteiger partial charge in [-0.2, -0.15) is 5.26 Å². The third kappa shape index (κ3) is 5.81. The summed E-state index contributed by atoms with van der Waals surface area (Å²) in [6.07, 6.45) is 3.30. The van der Waals surface area contributed by atoms with Gasteiger partial charge >= 0.3 is 0 Å². The number of carbonyl (C=O) groups is 1. The summed E-state index contributed by atoms with van der Waals surface area (Å²) in [5, 5.41) is 19.5. The van der Waals surface area contributed by atoms with Gasteiger partial charge in [-0.15, -0.1) is 0 Å². The van der Waals surface area contributed by atoms with E-state index >= 15 is 0 Å². The van der Waals surface area contributed by atoms with Crippen LogP contribution in [0.3, 0.4) is 0 Å². The van der Waals surface area contributed by atoms with Crippen LogP contribution in [0.25, 0.3) is 0 Å². The van der Waals surface area contributed by atoms with Gasteiger partial charge in [-0.3, -0.25) is 9.79 Å². The minimum atomic E-state index is -0.528. The highest BCUT2D eigenvalue weighted by Gasteiger charge is 2.41. The van der Waals surface area contributed by atoms with Gasteiger partial charge in [-0.1, -0.05) is 37.6 Å². The van der Waals surface area contributed by atoms with Crippen LogP contribution < -0.4 is 9.47 Å². The Kier molecular flexibility index (Phi) is 8.83. The minimum absolute atomic E-state index is 0.0314. The Labute approximate surface area is 227 Å². The second kappa shape index (κ2) is 12.1. The number of ketones is 1. The fourth-order valence-electron chi connectivity index (χ4n) is 5.42. The molecule has 0 radical (unpaired) electrons. The van der Waals surface area contributed by atoms with Crippen molar-refractivity contribution in [1.82, 2.24) is 0 Å². The van der Waals surface area contributed by atoms with Crippen molar-refractivity contribution in [3.63, 3.8) is 0 Å². The molecular formula is C30H33BrN2O4. The maximum absolute atomic E-state index is 13.4. The van der Waals surface area contributed by atoms with E-state index in [0.29, 0.717) is 47.1 Å². The van der Waals surface area contributed by atoms with Crippen LogP contribution in [-0.4, -0.2) is 23.2 Å². The summed E-state index contributed by atoms with van der Waals surface area (Å²) in [7, 11) is 0. The van der Waals surface area contributed by atoms with Gasteiger partial charge in [0.15, 0.2) is 17.3 Å². The molecule has 0 saturated heterocycles. The van der Waals surface area contributed by atoms with Crippen molar-refractivity contribution in [3.05, 3.63) is 68.8 Å². The largest absolute Gasteiger partial charge is 0.490 e. The van der Waals surface area contributed by atoms with Crippen LogP contribution in [0.4, 0.5) is 0 Å². The quantitative estimate of drug-likeness (QED) is 0.368. The highest BCUT2D eigenvalue weighted by Crippen LogP contribution is 2.48. The molecule has 6 nitrogen and oxygen atoms in total. The number of nitrogens with zero attached hydrogens (tertiary/aromatic N) is 2.